The number of amides is 1. The molecule has 0 bridgehead atoms. The van der Waals surface area contributed by atoms with Gasteiger partial charge in [0, 0.05) is 65.8 Å². The molecular weight excluding hydrogens is 430 g/mol. The van der Waals surface area contributed by atoms with Crippen molar-refractivity contribution in [3.63, 3.8) is 0 Å². The topological polar surface area (TPSA) is 105 Å². The average molecular weight is 463 g/mol. The van der Waals surface area contributed by atoms with E-state index >= 15 is 0 Å². The Morgan fingerprint density at radius 2 is 2.06 bits per heavy atom. The van der Waals surface area contributed by atoms with Crippen molar-refractivity contribution in [1.82, 2.24) is 19.7 Å². The van der Waals surface area contributed by atoms with Crippen LogP contribution in [0.15, 0.2) is 24.5 Å². The molecule has 3 aromatic heterocycles. The first-order chi connectivity index (χ1) is 17.4. The smallest absolute Gasteiger partial charge is 0.228 e. The summed E-state index contributed by atoms with van der Waals surface area (Å²) in [4.78, 5) is 36.4. The predicted octanol–water partition coefficient (Wildman–Crippen LogP) is 4.38. The molecule has 1 atom stereocenters. The zero-order valence-electron chi connectivity index (χ0n) is 22.6. The number of hydrogen-bond acceptors (Lipinski definition) is 7. The number of nitrogens with zero attached hydrogens (tertiary/aromatic N) is 5. The number of carbonyl (C=O) groups excluding carboxylic acids is 2. The van der Waals surface area contributed by atoms with Crippen LogP contribution in [0.5, 0.6) is 0 Å². The summed E-state index contributed by atoms with van der Waals surface area (Å²) < 4.78 is 24.4. The normalized spacial score (nSPS) is 18.3. The maximum atomic E-state index is 13.0. The van der Waals surface area contributed by atoms with Gasteiger partial charge < -0.3 is 15.5 Å². The number of aromatic nitrogens is 4. The fraction of sp³-hybridized carbons (Fsp3) is 0.400. The van der Waals surface area contributed by atoms with Crippen LogP contribution in [0.25, 0.3) is 11.3 Å². The number of pyridine rings is 2. The van der Waals surface area contributed by atoms with Crippen molar-refractivity contribution in [2.45, 2.75) is 46.0 Å². The second-order valence-corrected chi connectivity index (χ2v) is 9.01. The van der Waals surface area contributed by atoms with Gasteiger partial charge in [0.2, 0.25) is 5.91 Å². The first-order valence-corrected chi connectivity index (χ1v) is 11.3. The van der Waals surface area contributed by atoms with Gasteiger partial charge in [-0.25, -0.2) is 9.97 Å². The highest BCUT2D eigenvalue weighted by Crippen LogP contribution is 2.47. The van der Waals surface area contributed by atoms with Crippen molar-refractivity contribution in [3.05, 3.63) is 41.3 Å². The van der Waals surface area contributed by atoms with E-state index in [4.69, 9.17) is 9.10 Å². The first kappa shape index (κ1) is 18.7. The number of fused-ring (bicyclic) bond motifs is 3. The highest BCUT2D eigenvalue weighted by molar-refractivity contribution is 6.03. The zero-order chi connectivity index (χ0) is 26.6. The molecule has 1 aliphatic carbocycles. The number of ketones is 1. The van der Waals surface area contributed by atoms with Crippen LogP contribution in [0, 0.1) is 12.8 Å². The summed E-state index contributed by atoms with van der Waals surface area (Å²) in [7, 11) is 3.85. The lowest BCUT2D eigenvalue weighted by molar-refractivity contribution is -0.117. The predicted molar refractivity (Wildman–Crippen MR) is 131 cm³/mol. The standard InChI is InChI=1S/C25H29N7O2/c1-6-20(33)17-11-26-21(29-25(34)15-7-8-15)10-19(17)28-24-23-16(9-13(2)27-24)22-18(12-31(4)30-22)14(3)32(23)5/h9-12,14-15H,6-8H2,1-5H3,(H2,26,27,28,29,34)/t14-/m0/s1/i1D3. The minimum atomic E-state index is -2.43. The van der Waals surface area contributed by atoms with Gasteiger partial charge in [-0.05, 0) is 32.8 Å². The Balaban J connectivity index is 1.60. The van der Waals surface area contributed by atoms with Crippen LogP contribution < -0.4 is 15.5 Å². The first-order valence-electron chi connectivity index (χ1n) is 12.8. The lowest BCUT2D eigenvalue weighted by atomic mass is 9.95. The third-order valence-corrected chi connectivity index (χ3v) is 6.43. The lowest BCUT2D eigenvalue weighted by Gasteiger charge is -2.34. The van der Waals surface area contributed by atoms with E-state index in [2.05, 4.69) is 32.5 Å². The molecule has 1 amide bonds. The van der Waals surface area contributed by atoms with Gasteiger partial charge in [0.05, 0.1) is 28.7 Å². The summed E-state index contributed by atoms with van der Waals surface area (Å²) in [6.07, 6.45) is 4.36. The molecule has 0 saturated heterocycles. The van der Waals surface area contributed by atoms with Crippen molar-refractivity contribution in [3.8, 4) is 11.3 Å². The third-order valence-electron chi connectivity index (χ3n) is 6.43. The van der Waals surface area contributed by atoms with Crippen molar-refractivity contribution in [2.75, 3.05) is 22.6 Å². The van der Waals surface area contributed by atoms with Gasteiger partial charge in [-0.3, -0.25) is 14.3 Å². The molecule has 0 spiro atoms. The van der Waals surface area contributed by atoms with Crippen LogP contribution in [-0.4, -0.2) is 38.5 Å². The quantitative estimate of drug-likeness (QED) is 0.524. The molecule has 1 aliphatic heterocycles. The SMILES string of the molecule is [2H]C([2H])([2H])CC(=O)c1cnc(NC(=O)C2CC2)cc1Nc1nc(C)cc2c1N(C)[C@@H](C)c1cn(C)nc1-2. The molecule has 34 heavy (non-hydrogen) atoms. The summed E-state index contributed by atoms with van der Waals surface area (Å²) in [5.74, 6) is 0.0465. The van der Waals surface area contributed by atoms with E-state index in [1.807, 2.05) is 33.3 Å². The van der Waals surface area contributed by atoms with Gasteiger partial charge in [-0.15, -0.1) is 0 Å². The molecule has 0 unspecified atom stereocenters. The molecule has 1 saturated carbocycles. The number of carbonyl (C=O) groups is 2. The van der Waals surface area contributed by atoms with Crippen molar-refractivity contribution >= 4 is 34.7 Å². The maximum Gasteiger partial charge on any atom is 0.228 e. The number of anilines is 4. The maximum absolute atomic E-state index is 13.0. The highest BCUT2D eigenvalue weighted by Gasteiger charge is 2.32. The van der Waals surface area contributed by atoms with E-state index in [1.54, 1.807) is 10.7 Å². The Morgan fingerprint density at radius 3 is 2.79 bits per heavy atom. The van der Waals surface area contributed by atoms with E-state index < -0.39 is 19.1 Å². The zero-order valence-corrected chi connectivity index (χ0v) is 19.6. The fourth-order valence-electron chi connectivity index (χ4n) is 4.36. The summed E-state index contributed by atoms with van der Waals surface area (Å²) >= 11 is 0. The lowest BCUT2D eigenvalue weighted by Crippen LogP contribution is -2.27. The molecule has 5 rings (SSSR count). The molecule has 2 aliphatic rings. The molecule has 9 heteroatoms. The fourth-order valence-corrected chi connectivity index (χ4v) is 4.36. The van der Waals surface area contributed by atoms with Crippen LogP contribution in [-0.2, 0) is 11.8 Å². The van der Waals surface area contributed by atoms with Crippen molar-refractivity contribution in [2.24, 2.45) is 13.0 Å². The molecule has 4 heterocycles. The van der Waals surface area contributed by atoms with E-state index in [9.17, 15) is 9.59 Å². The molecule has 9 nitrogen and oxygen atoms in total. The van der Waals surface area contributed by atoms with Crippen molar-refractivity contribution in [1.29, 1.82) is 0 Å². The molecule has 176 valence electrons. The Morgan fingerprint density at radius 1 is 1.26 bits per heavy atom. The molecule has 3 aromatic rings. The van der Waals surface area contributed by atoms with E-state index in [0.717, 1.165) is 41.0 Å². The van der Waals surface area contributed by atoms with E-state index in [-0.39, 0.29) is 29.2 Å². The summed E-state index contributed by atoms with van der Waals surface area (Å²) in [5, 5.41) is 10.7. The molecule has 0 aromatic carbocycles. The van der Waals surface area contributed by atoms with Crippen LogP contribution in [0.2, 0.25) is 0 Å². The van der Waals surface area contributed by atoms with Gasteiger partial charge >= 0.3 is 0 Å². The average Bonchev–Trinajstić information content (AvgIpc) is 3.57. The Hall–Kier alpha value is -3.75. The molecular formula is C25H29N7O2. The van der Waals surface area contributed by atoms with Crippen LogP contribution >= 0.6 is 0 Å². The minimum Gasteiger partial charge on any atom is -0.364 e. The van der Waals surface area contributed by atoms with E-state index in [1.165, 1.54) is 6.20 Å². The van der Waals surface area contributed by atoms with E-state index in [0.29, 0.717) is 11.5 Å². The summed E-state index contributed by atoms with van der Waals surface area (Å²) in [5.41, 5.74) is 4.84. The Labute approximate surface area is 202 Å². The van der Waals surface area contributed by atoms with Gasteiger partial charge in [0.15, 0.2) is 11.6 Å². The molecule has 0 radical (unpaired) electrons. The Kier molecular flexibility index (Phi) is 4.52. The minimum absolute atomic E-state index is 0.0174. The van der Waals surface area contributed by atoms with Gasteiger partial charge in [0.1, 0.15) is 5.82 Å². The van der Waals surface area contributed by atoms with Crippen molar-refractivity contribution < 1.29 is 13.7 Å². The number of rotatable bonds is 6. The highest BCUT2D eigenvalue weighted by atomic mass is 16.2. The van der Waals surface area contributed by atoms with Crippen LogP contribution in [0.1, 0.15) is 64.8 Å². The van der Waals surface area contributed by atoms with Gasteiger partial charge in [-0.2, -0.15) is 5.10 Å². The van der Waals surface area contributed by atoms with Gasteiger partial charge in [0.25, 0.3) is 0 Å². The largest absolute Gasteiger partial charge is 0.364 e. The number of nitrogens with one attached hydrogen (secondary N) is 2. The monoisotopic (exact) mass is 462 g/mol. The second-order valence-electron chi connectivity index (χ2n) is 9.01. The third kappa shape index (κ3) is 3.81. The Bertz CT molecular complexity index is 1410. The molecule has 2 N–H and O–H groups in total. The molecule has 1 fully saturated rings. The second kappa shape index (κ2) is 8.23. The van der Waals surface area contributed by atoms with Crippen LogP contribution in [0.4, 0.5) is 23.0 Å². The summed E-state index contributed by atoms with van der Waals surface area (Å²) in [6.45, 7) is 1.52. The van der Waals surface area contributed by atoms with Crippen LogP contribution in [0.3, 0.4) is 0 Å². The number of aryl methyl sites for hydroxylation is 2. The number of hydrogen-bond donors (Lipinski definition) is 2. The number of Topliss-reactive ketones (excluding diaryl/α,β-unsaturated/α-hetero) is 1. The summed E-state index contributed by atoms with van der Waals surface area (Å²) in [6, 6.07) is 3.55. The van der Waals surface area contributed by atoms with Gasteiger partial charge in [-0.1, -0.05) is 6.85 Å².